The summed E-state index contributed by atoms with van der Waals surface area (Å²) in [5.41, 5.74) is 0.218. The van der Waals surface area contributed by atoms with Crippen molar-refractivity contribution in [1.29, 1.82) is 0 Å². The standard InChI is InChI=1S/C9H14N2O2.C6H10N2O.C4H9N2.2C4H8O.2I3.I2.3U/c1-5-7(12)8-9(13)11(4)6(2)10(8)3;1-5-7(2)4-6(9)8(5)3;1-4(5-2)6-3;2*1-3-4(2)5;2*1-3-2;1-2;;;/h13H,4-5H2,1-3H3;4,9H,3H2,1-2H3;2H2,1,3H3,(H,5,6);2*3H2,1-2H3;;;;;;/q;;-1;;;2*-1;;;;/p-2. The van der Waals surface area contributed by atoms with E-state index in [1.807, 2.05) is 41.8 Å². The largest absolute Gasteiger partial charge is 0.897 e. The van der Waals surface area contributed by atoms with Gasteiger partial charge in [0.25, 0.3) is 0 Å². The molecule has 0 aliphatic carbocycles. The minimum atomic E-state index is -0.313. The summed E-state index contributed by atoms with van der Waals surface area (Å²) in [5, 5.41) is 25.0. The zero-order valence-electron chi connectivity index (χ0n) is 29.6. The molecule has 0 fully saturated rings. The van der Waals surface area contributed by atoms with Gasteiger partial charge in [0.1, 0.15) is 23.1 Å². The predicted molar refractivity (Wildman–Crippen MR) is 229 cm³/mol. The number of halogens is 8. The molecule has 11 nitrogen and oxygen atoms in total. The van der Waals surface area contributed by atoms with Crippen molar-refractivity contribution in [3.8, 4) is 11.8 Å². The molecule has 0 amide bonds. The Balaban J connectivity index is -0.0000000567. The zero-order chi connectivity index (χ0) is 38.2. The van der Waals surface area contributed by atoms with E-state index in [0.29, 0.717) is 51.6 Å². The zero-order valence-corrected chi connectivity index (χ0v) is 59.4. The Morgan fingerprint density at radius 1 is 0.837 bits per heavy atom. The fourth-order valence-corrected chi connectivity index (χ4v) is 1.99. The van der Waals surface area contributed by atoms with E-state index >= 15 is 0 Å². The molecule has 49 heavy (non-hydrogen) atoms. The number of hydrogen-bond acceptors (Lipinski definition) is 6. The molecule has 0 aromatic carbocycles. The molecule has 2 aromatic heterocycles. The van der Waals surface area contributed by atoms with E-state index in [4.69, 9.17) is 0 Å². The average molecular weight is 2270 g/mol. The minimum absolute atomic E-state index is 0. The second-order valence-electron chi connectivity index (χ2n) is 8.23. The van der Waals surface area contributed by atoms with Crippen LogP contribution in [0.25, 0.3) is 0 Å². The fourth-order valence-electron chi connectivity index (χ4n) is 1.99. The third kappa shape index (κ3) is 45.7. The van der Waals surface area contributed by atoms with E-state index in [-0.39, 0.29) is 128 Å². The molecule has 0 bridgehead atoms. The van der Waals surface area contributed by atoms with E-state index in [9.17, 15) is 24.6 Å². The van der Waals surface area contributed by atoms with Crippen molar-refractivity contribution in [2.24, 2.45) is 19.1 Å². The summed E-state index contributed by atoms with van der Waals surface area (Å²) in [6, 6.07) is 0. The summed E-state index contributed by atoms with van der Waals surface area (Å²) >= 11 is 14.8. The first kappa shape index (κ1) is 75.0. The summed E-state index contributed by atoms with van der Waals surface area (Å²) in [5.74, 6) is 2.40. The smallest absolute Gasteiger partial charge is 0.190 e. The Bertz CT molecular complexity index is 1070. The third-order valence-corrected chi connectivity index (χ3v) is 5.31. The molecule has 0 spiro atoms. The van der Waals surface area contributed by atoms with Crippen molar-refractivity contribution in [2.75, 3.05) is 7.05 Å². The molecule has 0 unspecified atom stereocenters. The molecule has 0 saturated heterocycles. The van der Waals surface area contributed by atoms with Crippen LogP contribution in [0.5, 0.6) is 11.8 Å². The number of aromatic nitrogens is 4. The van der Waals surface area contributed by atoms with Gasteiger partial charge in [-0.15, -0.1) is 0 Å². The Morgan fingerprint density at radius 3 is 1.27 bits per heavy atom. The number of Topliss-reactive ketones (excluding diaryl/α,β-unsaturated/α-hetero) is 3. The molecule has 0 atom stereocenters. The van der Waals surface area contributed by atoms with E-state index in [2.05, 4.69) is 143 Å². The molecule has 2 heterocycles. The van der Waals surface area contributed by atoms with Gasteiger partial charge in [-0.25, -0.2) is 0 Å². The quantitative estimate of drug-likeness (QED) is 0.121. The Morgan fingerprint density at radius 2 is 1.16 bits per heavy atom. The van der Waals surface area contributed by atoms with Crippen LogP contribution in [-0.2, 0) is 23.7 Å². The summed E-state index contributed by atoms with van der Waals surface area (Å²) in [4.78, 5) is 34.5. The number of ketones is 3. The van der Waals surface area contributed by atoms with Crippen molar-refractivity contribution < 1.29 is 154 Å². The maximum absolute atomic E-state index is 11.5. The van der Waals surface area contributed by atoms with Gasteiger partial charge in [0, 0.05) is 156 Å². The number of carbonyl (C=O) groups excluding carboxylic acids is 3. The summed E-state index contributed by atoms with van der Waals surface area (Å²) in [6.45, 7) is 14.0. The molecule has 2 aromatic rings. The van der Waals surface area contributed by atoms with Crippen molar-refractivity contribution in [1.82, 2.24) is 14.5 Å². The van der Waals surface area contributed by atoms with Gasteiger partial charge < -0.3 is 43.8 Å². The fraction of sp³-hybridized carbons (Fsp3) is 0.519. The molecule has 22 heteroatoms. The Kier molecular flexibility index (Phi) is 81.3. The minimum Gasteiger partial charge on any atom is -0.897 e. The van der Waals surface area contributed by atoms with Crippen molar-refractivity contribution in [3.05, 3.63) is 44.7 Å². The first-order valence-corrected chi connectivity index (χ1v) is 44.3. The first-order chi connectivity index (χ1) is 21.3. The van der Waals surface area contributed by atoms with Gasteiger partial charge in [-0.05, 0) is 60.6 Å². The van der Waals surface area contributed by atoms with Gasteiger partial charge in [0.2, 0.25) is 0 Å². The van der Waals surface area contributed by atoms with Crippen LogP contribution in [0.3, 0.4) is 0 Å². The molecule has 0 aliphatic rings. The van der Waals surface area contributed by atoms with E-state index in [1.54, 1.807) is 43.9 Å². The molecular formula is C27H47I8N6O5U3-5. The maximum atomic E-state index is 11.5. The normalized spacial score (nSPS) is 8.55. The predicted octanol–water partition coefficient (Wildman–Crippen LogP) is 0.970. The number of rotatable bonds is 4. The average Bonchev–Trinajstić information content (AvgIpc) is 3.38. The topological polar surface area (TPSA) is 139 Å². The van der Waals surface area contributed by atoms with Gasteiger partial charge in [0.15, 0.2) is 11.6 Å². The second-order valence-corrected chi connectivity index (χ2v) is 40.7. The molecule has 288 valence electrons. The van der Waals surface area contributed by atoms with Gasteiger partial charge in [-0.3, -0.25) is 9.36 Å². The molecule has 2 rings (SSSR count). The number of aliphatic imine (C=N–C) groups is 1. The van der Waals surface area contributed by atoms with Crippen LogP contribution < -0.4 is 51.2 Å². The van der Waals surface area contributed by atoms with Crippen molar-refractivity contribution in [3.63, 3.8) is 0 Å². The molecule has 0 radical (unpaired) electrons. The van der Waals surface area contributed by atoms with Crippen LogP contribution in [0.15, 0.2) is 11.2 Å². The van der Waals surface area contributed by atoms with Crippen LogP contribution in [0.1, 0.15) is 82.9 Å². The summed E-state index contributed by atoms with van der Waals surface area (Å²) < 4.78 is 5.93. The number of amidine groups is 1. The van der Waals surface area contributed by atoms with Gasteiger partial charge in [0.05, 0.1) is 14.1 Å². The van der Waals surface area contributed by atoms with Crippen LogP contribution in [0, 0.1) is 128 Å². The maximum Gasteiger partial charge on any atom is 0.190 e. The van der Waals surface area contributed by atoms with Crippen LogP contribution >= 0.6 is 112 Å². The van der Waals surface area contributed by atoms with Crippen molar-refractivity contribution in [2.45, 2.75) is 74.7 Å². The summed E-state index contributed by atoms with van der Waals surface area (Å²) in [7, 11) is 15.7. The molecule has 1 N–H and O–H groups in total. The second kappa shape index (κ2) is 53.1. The van der Waals surface area contributed by atoms with E-state index in [1.165, 1.54) is 15.3 Å². The molecular weight excluding hydrogens is 2220 g/mol. The number of nitrogens with one attached hydrogen (secondary N) is 1. The number of nitrogens with zero attached hydrogens (tertiary/aromatic N) is 5. The van der Waals surface area contributed by atoms with E-state index in [0.717, 1.165) is 11.7 Å². The first-order valence-electron chi connectivity index (χ1n) is 12.8. The summed E-state index contributed by atoms with van der Waals surface area (Å²) in [6.07, 6.45) is 3.18. The molecule has 0 saturated carbocycles. The third-order valence-electron chi connectivity index (χ3n) is 5.31. The van der Waals surface area contributed by atoms with Gasteiger partial charge in [-0.2, -0.15) is 7.05 Å². The number of aryl methyl sites for hydroxylation is 1. The SMILES string of the molecule is CCC(C)=O.CCC(C)=O.II.I[I-]I.I[I-]I.[CH2-]N=C(C)NC.[CH2-][n+]1c([O-])c(C(=O)CC)n(C)c1C.[CH2-][n+]1c([O-])cn(C)c1C.[U].[U].[U]. The number of imidazole rings is 2. The van der Waals surface area contributed by atoms with Crippen molar-refractivity contribution >= 4 is 135 Å². The number of hydrogen-bond donors (Lipinski definition) is 1. The van der Waals surface area contributed by atoms with Gasteiger partial charge >= 0.3 is 101 Å². The Labute approximate surface area is 450 Å². The molecule has 0 aliphatic heterocycles. The van der Waals surface area contributed by atoms with Crippen LogP contribution in [0.2, 0.25) is 0 Å². The van der Waals surface area contributed by atoms with E-state index < -0.39 is 0 Å². The van der Waals surface area contributed by atoms with Gasteiger partial charge in [-0.1, -0.05) is 33.5 Å². The van der Waals surface area contributed by atoms with Crippen LogP contribution in [-0.4, -0.2) is 39.4 Å². The monoisotopic (exact) mass is 2260 g/mol. The Hall–Kier alpha value is 5.11. The van der Waals surface area contributed by atoms with Crippen LogP contribution in [0.4, 0.5) is 0 Å². The number of carbonyl (C=O) groups is 3.